The van der Waals surface area contributed by atoms with Crippen molar-refractivity contribution in [2.45, 2.75) is 75.4 Å². The van der Waals surface area contributed by atoms with Crippen molar-refractivity contribution in [1.82, 2.24) is 15.1 Å². The molecule has 2 aliphatic rings. The summed E-state index contributed by atoms with van der Waals surface area (Å²) in [5.41, 5.74) is 1.18. The maximum atomic E-state index is 12.8. The minimum absolute atomic E-state index is 0.0348. The summed E-state index contributed by atoms with van der Waals surface area (Å²) >= 11 is -2.08. The first-order valence-electron chi connectivity index (χ1n) is 16.0. The number of carboxylic acids is 1. The fourth-order valence-corrected chi connectivity index (χ4v) is 5.64. The number of hydrogen-bond acceptors (Lipinski definition) is 14. The van der Waals surface area contributed by atoms with E-state index in [1.165, 1.54) is 0 Å². The average Bonchev–Trinajstić information content (AvgIpc) is 3.42. The molecule has 0 radical (unpaired) electrons. The van der Waals surface area contributed by atoms with Crippen LogP contribution in [0.1, 0.15) is 36.8 Å². The zero-order valence-electron chi connectivity index (χ0n) is 27.9. The molecule has 51 heavy (non-hydrogen) atoms. The topological polar surface area (TPSA) is 256 Å². The molecule has 0 spiro atoms. The zero-order chi connectivity index (χ0) is 37.5. The van der Waals surface area contributed by atoms with Crippen molar-refractivity contribution in [2.24, 2.45) is 0 Å². The molecule has 19 heteroatoms. The molecular weight excluding hydrogens is 698 g/mol. The van der Waals surface area contributed by atoms with E-state index in [9.17, 15) is 48.3 Å². The van der Waals surface area contributed by atoms with E-state index in [2.05, 4.69) is 5.32 Å². The van der Waals surface area contributed by atoms with Crippen molar-refractivity contribution < 1.29 is 71.8 Å². The number of carbonyl (C=O) groups is 6. The number of amides is 3. The lowest BCUT2D eigenvalue weighted by Crippen LogP contribution is -2.52. The van der Waals surface area contributed by atoms with Crippen LogP contribution < -0.4 is 10.1 Å². The minimum Gasteiger partial charge on any atom is -0.479 e. The Morgan fingerprint density at radius 3 is 2.55 bits per heavy atom. The quantitative estimate of drug-likeness (QED) is 0.0371. The molecule has 2 heterocycles. The molecule has 3 amide bonds. The molecule has 1 aromatic rings. The third-order valence-corrected chi connectivity index (χ3v) is 8.69. The van der Waals surface area contributed by atoms with Crippen molar-refractivity contribution in [3.63, 3.8) is 0 Å². The summed E-state index contributed by atoms with van der Waals surface area (Å²) in [6.45, 7) is 0.139. The SMILES string of the molecule is CN(CC(=O)NCCCCc1ccc(COC=O)c(OC2OC(C(=O)O)CC(O)[C@H]2O)c1)[C@H](COCCS(=O)O)C[C@@H](C=O)N1C(=O)C=CC1=O. The summed E-state index contributed by atoms with van der Waals surface area (Å²) in [6, 6.07) is 3.29. The summed E-state index contributed by atoms with van der Waals surface area (Å²) in [7, 11) is 1.61. The highest BCUT2D eigenvalue weighted by Crippen LogP contribution is 2.28. The Labute approximate surface area is 295 Å². The molecule has 0 aliphatic carbocycles. The van der Waals surface area contributed by atoms with E-state index < -0.39 is 65.5 Å². The van der Waals surface area contributed by atoms with Gasteiger partial charge in [0.25, 0.3) is 18.3 Å². The Morgan fingerprint density at radius 2 is 1.90 bits per heavy atom. The van der Waals surface area contributed by atoms with Crippen LogP contribution in [0.5, 0.6) is 5.75 Å². The molecule has 1 fully saturated rings. The molecule has 0 bridgehead atoms. The van der Waals surface area contributed by atoms with E-state index >= 15 is 0 Å². The average molecular weight is 742 g/mol. The van der Waals surface area contributed by atoms with Crippen LogP contribution in [0.25, 0.3) is 0 Å². The van der Waals surface area contributed by atoms with Gasteiger partial charge < -0.3 is 48.9 Å². The largest absolute Gasteiger partial charge is 0.479 e. The summed E-state index contributed by atoms with van der Waals surface area (Å²) in [5.74, 6) is -2.94. The number of carboxylic acid groups (broad SMARTS) is 1. The van der Waals surface area contributed by atoms with Gasteiger partial charge in [-0.15, -0.1) is 0 Å². The Kier molecular flexibility index (Phi) is 16.7. The second kappa shape index (κ2) is 20.7. The number of aliphatic carboxylic acids is 1. The van der Waals surface area contributed by atoms with Gasteiger partial charge in [-0.2, -0.15) is 0 Å². The number of rotatable bonds is 23. The van der Waals surface area contributed by atoms with Crippen LogP contribution in [0.3, 0.4) is 0 Å². The predicted octanol–water partition coefficient (Wildman–Crippen LogP) is -1.48. The molecule has 0 aromatic heterocycles. The number of nitrogens with zero attached hydrogens (tertiary/aromatic N) is 2. The number of unbranched alkanes of at least 4 members (excludes halogenated alkanes) is 1. The number of benzene rings is 1. The van der Waals surface area contributed by atoms with Gasteiger partial charge in [0, 0.05) is 36.7 Å². The van der Waals surface area contributed by atoms with Gasteiger partial charge >= 0.3 is 5.97 Å². The van der Waals surface area contributed by atoms with Crippen LogP contribution >= 0.6 is 0 Å². The molecule has 7 atom stereocenters. The number of ether oxygens (including phenoxy) is 4. The fraction of sp³-hybridized carbons (Fsp3) is 0.562. The number of aliphatic hydroxyl groups is 2. The number of aliphatic hydroxyl groups excluding tert-OH is 2. The number of carbonyl (C=O) groups excluding carboxylic acids is 5. The maximum Gasteiger partial charge on any atom is 0.333 e. The van der Waals surface area contributed by atoms with E-state index in [-0.39, 0.29) is 63.1 Å². The van der Waals surface area contributed by atoms with Crippen LogP contribution in [0.2, 0.25) is 0 Å². The molecule has 5 N–H and O–H groups in total. The smallest absolute Gasteiger partial charge is 0.333 e. The highest BCUT2D eigenvalue weighted by Gasteiger charge is 2.41. The van der Waals surface area contributed by atoms with Crippen molar-refractivity contribution >= 4 is 47.5 Å². The summed E-state index contributed by atoms with van der Waals surface area (Å²) < 4.78 is 41.4. The Morgan fingerprint density at radius 1 is 1.18 bits per heavy atom. The minimum atomic E-state index is -2.08. The lowest BCUT2D eigenvalue weighted by molar-refractivity contribution is -0.238. The molecule has 4 unspecified atom stereocenters. The molecule has 1 aromatic carbocycles. The predicted molar refractivity (Wildman–Crippen MR) is 175 cm³/mol. The number of nitrogens with one attached hydrogen (secondary N) is 1. The zero-order valence-corrected chi connectivity index (χ0v) is 28.7. The van der Waals surface area contributed by atoms with Crippen LogP contribution in [-0.4, -0.2) is 146 Å². The van der Waals surface area contributed by atoms with Gasteiger partial charge in [-0.25, -0.2) is 9.00 Å². The van der Waals surface area contributed by atoms with Gasteiger partial charge in [-0.1, -0.05) is 12.1 Å². The third kappa shape index (κ3) is 12.9. The van der Waals surface area contributed by atoms with E-state index in [4.69, 9.17) is 23.5 Å². The molecule has 3 rings (SSSR count). The Balaban J connectivity index is 1.54. The second-order valence-corrected chi connectivity index (χ2v) is 12.9. The van der Waals surface area contributed by atoms with Crippen LogP contribution in [0.4, 0.5) is 0 Å². The third-order valence-electron chi connectivity index (χ3n) is 8.17. The molecule has 282 valence electrons. The van der Waals surface area contributed by atoms with Gasteiger partial charge in [0.05, 0.1) is 37.7 Å². The molecular formula is C32H43N3O15S. The van der Waals surface area contributed by atoms with Crippen molar-refractivity contribution in [1.29, 1.82) is 0 Å². The van der Waals surface area contributed by atoms with Crippen LogP contribution in [0, 0.1) is 0 Å². The summed E-state index contributed by atoms with van der Waals surface area (Å²) in [4.78, 5) is 73.6. The molecule has 18 nitrogen and oxygen atoms in total. The van der Waals surface area contributed by atoms with Crippen molar-refractivity contribution in [3.8, 4) is 5.75 Å². The number of aryl methyl sites for hydroxylation is 1. The van der Waals surface area contributed by atoms with E-state index in [1.54, 1.807) is 30.1 Å². The second-order valence-electron chi connectivity index (χ2n) is 11.9. The van der Waals surface area contributed by atoms with Gasteiger partial charge in [0.2, 0.25) is 12.2 Å². The highest BCUT2D eigenvalue weighted by atomic mass is 32.2. The number of likely N-dealkylation sites (N-methyl/N-ethyl adjacent to an activating group) is 1. The monoisotopic (exact) mass is 741 g/mol. The van der Waals surface area contributed by atoms with Crippen LogP contribution in [-0.2, 0) is 67.1 Å². The Hall–Kier alpha value is -4.11. The fourth-order valence-electron chi connectivity index (χ4n) is 5.38. The van der Waals surface area contributed by atoms with E-state index in [0.717, 1.165) is 22.6 Å². The van der Waals surface area contributed by atoms with Crippen molar-refractivity contribution in [2.75, 3.05) is 39.1 Å². The number of aldehydes is 1. The number of imide groups is 1. The first-order valence-corrected chi connectivity index (χ1v) is 17.3. The summed E-state index contributed by atoms with van der Waals surface area (Å²) in [6.07, 6.45) is -1.92. The molecule has 2 aliphatic heterocycles. The van der Waals surface area contributed by atoms with Crippen LogP contribution in [0.15, 0.2) is 30.4 Å². The maximum absolute atomic E-state index is 12.8. The molecule has 1 saturated heterocycles. The standard InChI is InChI=1S/C32H43N3O15S/c1-34(23(18-47-10-11-51(45)46)13-22(16-36)35-28(40)7-8-29(35)41)15-27(39)33-9-3-2-4-20-5-6-21(17-48-19-37)25(12-20)49-32-30(42)24(38)14-26(50-32)31(43)44/h5-8,12,16,19,22-24,26,30,32,38,42H,2-4,9-11,13-15,17-18H2,1H3,(H,33,39)(H,43,44)(H,45,46)/t22-,23-,24?,26?,30+,32?/m0/s1. The van der Waals surface area contributed by atoms with Gasteiger partial charge in [-0.3, -0.25) is 29.0 Å². The normalized spacial score (nSPS) is 22.0. The lowest BCUT2D eigenvalue weighted by Gasteiger charge is -2.35. The molecule has 0 saturated carbocycles. The lowest BCUT2D eigenvalue weighted by atomic mass is 10.0. The van der Waals surface area contributed by atoms with E-state index in [1.807, 2.05) is 0 Å². The van der Waals surface area contributed by atoms with E-state index in [0.29, 0.717) is 37.7 Å². The highest BCUT2D eigenvalue weighted by molar-refractivity contribution is 7.79. The first kappa shape index (κ1) is 41.3. The van der Waals surface area contributed by atoms with Gasteiger partial charge in [-0.05, 0) is 44.4 Å². The number of hydrogen-bond donors (Lipinski definition) is 5. The summed E-state index contributed by atoms with van der Waals surface area (Å²) in [5, 5.41) is 32.6. The van der Waals surface area contributed by atoms with Gasteiger partial charge in [0.1, 0.15) is 24.7 Å². The van der Waals surface area contributed by atoms with Gasteiger partial charge in [0.15, 0.2) is 17.2 Å². The van der Waals surface area contributed by atoms with Crippen molar-refractivity contribution in [3.05, 3.63) is 41.5 Å². The Bertz CT molecular complexity index is 1420. The first-order chi connectivity index (χ1) is 24.3.